The van der Waals surface area contributed by atoms with Crippen LogP contribution in [0.25, 0.3) is 16.9 Å². The van der Waals surface area contributed by atoms with Crippen LogP contribution >= 0.6 is 0 Å². The van der Waals surface area contributed by atoms with E-state index in [0.717, 1.165) is 4.90 Å². The van der Waals surface area contributed by atoms with Crippen LogP contribution in [0.5, 0.6) is 0 Å². The Labute approximate surface area is 195 Å². The van der Waals surface area contributed by atoms with E-state index in [4.69, 9.17) is 0 Å². The Morgan fingerprint density at radius 3 is 2.40 bits per heavy atom. The number of imide groups is 1. The number of rotatable bonds is 5. The first kappa shape index (κ1) is 22.9. The second-order valence-corrected chi connectivity index (χ2v) is 8.68. The van der Waals surface area contributed by atoms with Gasteiger partial charge in [-0.25, -0.2) is 32.3 Å². The van der Waals surface area contributed by atoms with E-state index < -0.39 is 60.8 Å². The fourth-order valence-electron chi connectivity index (χ4n) is 4.56. The molecule has 1 spiro atoms. The van der Waals surface area contributed by atoms with E-state index in [9.17, 15) is 31.9 Å². The molecule has 2 aromatic heterocycles. The number of benzene rings is 1. The summed E-state index contributed by atoms with van der Waals surface area (Å²) in [6.45, 7) is -0.569. The quantitative estimate of drug-likeness (QED) is 0.332. The molecule has 5 rings (SSSR count). The number of pyridine rings is 1. The number of ketones is 1. The van der Waals surface area contributed by atoms with Gasteiger partial charge in [0.2, 0.25) is 5.92 Å². The van der Waals surface area contributed by atoms with Gasteiger partial charge >= 0.3 is 6.03 Å². The van der Waals surface area contributed by atoms with Gasteiger partial charge in [0.1, 0.15) is 11.1 Å². The highest BCUT2D eigenvalue weighted by molar-refractivity contribution is 6.11. The molecule has 3 aromatic rings. The highest BCUT2D eigenvalue weighted by Gasteiger charge is 2.55. The summed E-state index contributed by atoms with van der Waals surface area (Å²) in [5.74, 6) is -4.65. The minimum atomic E-state index is -2.89. The van der Waals surface area contributed by atoms with E-state index in [-0.39, 0.29) is 29.6 Å². The number of carbonyl (C=O) groups excluding carboxylic acids is 3. The first-order chi connectivity index (χ1) is 16.6. The minimum Gasteiger partial charge on any atom is -0.323 e. The number of imidazole rings is 1. The Bertz CT molecular complexity index is 1330. The summed E-state index contributed by atoms with van der Waals surface area (Å²) in [4.78, 5) is 46.8. The van der Waals surface area contributed by atoms with Gasteiger partial charge in [-0.15, -0.1) is 0 Å². The van der Waals surface area contributed by atoms with Crippen molar-refractivity contribution in [2.75, 3.05) is 6.54 Å². The number of fused-ring (bicyclic) bond motifs is 1. The SMILES string of the molecule is O=C(CN1C(=O)NC2(CCC(F)(F)CC2)C1=O)c1ccc(-n2c(C(F)F)nc3cccnc32)cc1. The lowest BCUT2D eigenvalue weighted by atomic mass is 9.80. The zero-order valence-corrected chi connectivity index (χ0v) is 18.2. The van der Waals surface area contributed by atoms with Crippen molar-refractivity contribution in [1.82, 2.24) is 24.8 Å². The number of hydrogen-bond acceptors (Lipinski definition) is 5. The van der Waals surface area contributed by atoms with E-state index in [2.05, 4.69) is 15.3 Å². The van der Waals surface area contributed by atoms with Crippen LogP contribution in [0.15, 0.2) is 42.6 Å². The van der Waals surface area contributed by atoms with Gasteiger partial charge in [0.25, 0.3) is 12.3 Å². The predicted molar refractivity (Wildman–Crippen MR) is 115 cm³/mol. The summed E-state index contributed by atoms with van der Waals surface area (Å²) in [5.41, 5.74) is -0.457. The molecule has 3 heterocycles. The molecule has 182 valence electrons. The van der Waals surface area contributed by atoms with Crippen molar-refractivity contribution in [2.24, 2.45) is 0 Å². The summed E-state index contributed by atoms with van der Waals surface area (Å²) in [6.07, 6.45) is -2.88. The van der Waals surface area contributed by atoms with E-state index >= 15 is 0 Å². The van der Waals surface area contributed by atoms with Crippen LogP contribution in [0.4, 0.5) is 22.4 Å². The maximum atomic E-state index is 13.6. The highest BCUT2D eigenvalue weighted by atomic mass is 19.3. The zero-order chi connectivity index (χ0) is 25.0. The standard InChI is InChI=1S/C23H19F4N5O3/c24-17(25)19-29-15-2-1-11-28-18(15)32(19)14-5-3-13(4-6-14)16(33)12-31-20(34)22(30-21(31)35)7-9-23(26,27)10-8-22/h1-6,11,17H,7-10,12H2,(H,30,35). The minimum absolute atomic E-state index is 0.140. The lowest BCUT2D eigenvalue weighted by Crippen LogP contribution is -2.51. The van der Waals surface area contributed by atoms with Crippen LogP contribution in [0, 0.1) is 0 Å². The Morgan fingerprint density at radius 2 is 1.74 bits per heavy atom. The van der Waals surface area contributed by atoms with Crippen molar-refractivity contribution in [3.63, 3.8) is 0 Å². The van der Waals surface area contributed by atoms with Crippen molar-refractivity contribution < 1.29 is 31.9 Å². The Balaban J connectivity index is 1.35. The first-order valence-corrected chi connectivity index (χ1v) is 10.9. The molecule has 0 unspecified atom stereocenters. The molecular formula is C23H19F4N5O3. The molecule has 0 radical (unpaired) electrons. The molecule has 3 amide bonds. The molecule has 1 N–H and O–H groups in total. The molecule has 0 atom stereocenters. The van der Waals surface area contributed by atoms with E-state index in [1.165, 1.54) is 35.0 Å². The average Bonchev–Trinajstić information content (AvgIpc) is 3.33. The van der Waals surface area contributed by atoms with Crippen LogP contribution in [0.3, 0.4) is 0 Å². The fraction of sp³-hybridized carbons (Fsp3) is 0.348. The second-order valence-electron chi connectivity index (χ2n) is 8.68. The Hall–Kier alpha value is -3.83. The number of hydrogen-bond donors (Lipinski definition) is 1. The number of urea groups is 1. The third kappa shape index (κ3) is 3.92. The van der Waals surface area contributed by atoms with Crippen molar-refractivity contribution >= 4 is 28.9 Å². The largest absolute Gasteiger partial charge is 0.325 e. The maximum Gasteiger partial charge on any atom is 0.325 e. The van der Waals surface area contributed by atoms with Gasteiger partial charge in [-0.1, -0.05) is 0 Å². The first-order valence-electron chi connectivity index (χ1n) is 10.9. The number of Topliss-reactive ketones (excluding diaryl/α,β-unsaturated/α-hetero) is 1. The van der Waals surface area contributed by atoms with Gasteiger partial charge < -0.3 is 5.32 Å². The highest BCUT2D eigenvalue weighted by Crippen LogP contribution is 2.41. The Kier molecular flexibility index (Phi) is 5.33. The predicted octanol–water partition coefficient (Wildman–Crippen LogP) is 4.04. The monoisotopic (exact) mass is 489 g/mol. The third-order valence-electron chi connectivity index (χ3n) is 6.47. The zero-order valence-electron chi connectivity index (χ0n) is 18.2. The maximum absolute atomic E-state index is 13.6. The molecule has 1 aliphatic heterocycles. The molecule has 1 saturated heterocycles. The van der Waals surface area contributed by atoms with Crippen molar-refractivity contribution in [3.8, 4) is 5.69 Å². The third-order valence-corrected chi connectivity index (χ3v) is 6.47. The van der Waals surface area contributed by atoms with E-state index in [1.807, 2.05) is 0 Å². The fourth-order valence-corrected chi connectivity index (χ4v) is 4.56. The van der Waals surface area contributed by atoms with Crippen molar-refractivity contribution in [2.45, 2.75) is 43.6 Å². The summed E-state index contributed by atoms with van der Waals surface area (Å²) < 4.78 is 55.4. The van der Waals surface area contributed by atoms with Crippen LogP contribution in [0.1, 0.15) is 48.3 Å². The molecule has 8 nitrogen and oxygen atoms in total. The number of alkyl halides is 4. The van der Waals surface area contributed by atoms with Gasteiger partial charge in [-0.05, 0) is 49.2 Å². The van der Waals surface area contributed by atoms with Gasteiger partial charge in [0, 0.05) is 30.3 Å². The van der Waals surface area contributed by atoms with Crippen molar-refractivity contribution in [1.29, 1.82) is 0 Å². The van der Waals surface area contributed by atoms with E-state index in [0.29, 0.717) is 5.69 Å². The summed E-state index contributed by atoms with van der Waals surface area (Å²) in [6, 6.07) is 7.98. The normalized spacial score (nSPS) is 19.1. The molecule has 0 bridgehead atoms. The van der Waals surface area contributed by atoms with Crippen molar-refractivity contribution in [3.05, 3.63) is 54.0 Å². The lowest BCUT2D eigenvalue weighted by Gasteiger charge is -2.34. The Morgan fingerprint density at radius 1 is 1.06 bits per heavy atom. The second kappa shape index (κ2) is 8.14. The number of halogens is 4. The molecule has 1 saturated carbocycles. The summed E-state index contributed by atoms with van der Waals surface area (Å²) in [5, 5.41) is 2.49. The number of amides is 3. The molecule has 35 heavy (non-hydrogen) atoms. The molecule has 2 fully saturated rings. The number of carbonyl (C=O) groups is 3. The number of nitrogens with zero attached hydrogens (tertiary/aromatic N) is 4. The van der Waals surface area contributed by atoms with Crippen LogP contribution < -0.4 is 5.32 Å². The lowest BCUT2D eigenvalue weighted by molar-refractivity contribution is -0.135. The van der Waals surface area contributed by atoms with E-state index in [1.54, 1.807) is 12.1 Å². The number of aromatic nitrogens is 3. The molecule has 12 heteroatoms. The molecular weight excluding hydrogens is 470 g/mol. The molecule has 1 aromatic carbocycles. The average molecular weight is 489 g/mol. The molecule has 1 aliphatic carbocycles. The smallest absolute Gasteiger partial charge is 0.323 e. The van der Waals surface area contributed by atoms with Gasteiger partial charge in [-0.3, -0.25) is 19.1 Å². The van der Waals surface area contributed by atoms with Gasteiger partial charge in [-0.2, -0.15) is 0 Å². The molecule has 2 aliphatic rings. The topological polar surface area (TPSA) is 97.2 Å². The van der Waals surface area contributed by atoms with Gasteiger partial charge in [0.05, 0.1) is 6.54 Å². The summed E-state index contributed by atoms with van der Waals surface area (Å²) >= 11 is 0. The van der Waals surface area contributed by atoms with Gasteiger partial charge in [0.15, 0.2) is 17.3 Å². The van der Waals surface area contributed by atoms with Crippen LogP contribution in [0.2, 0.25) is 0 Å². The van der Waals surface area contributed by atoms with Crippen LogP contribution in [-0.2, 0) is 4.79 Å². The summed E-state index contributed by atoms with van der Waals surface area (Å²) in [7, 11) is 0. The number of nitrogens with one attached hydrogen (secondary N) is 1. The van der Waals surface area contributed by atoms with Crippen LogP contribution in [-0.4, -0.2) is 55.2 Å².